The number of nitrogens with one attached hydrogen (secondary N) is 1. The van der Waals surface area contributed by atoms with Crippen molar-refractivity contribution in [1.29, 1.82) is 0 Å². The van der Waals surface area contributed by atoms with E-state index in [2.05, 4.69) is 10.4 Å². The molecule has 5 rings (SSSR count). The van der Waals surface area contributed by atoms with Crippen molar-refractivity contribution in [2.45, 2.75) is 31.2 Å². The number of anilines is 3. The summed E-state index contributed by atoms with van der Waals surface area (Å²) < 4.78 is 0. The highest BCUT2D eigenvalue weighted by molar-refractivity contribution is 7.99. The van der Waals surface area contributed by atoms with Gasteiger partial charge in [0, 0.05) is 56.3 Å². The van der Waals surface area contributed by atoms with Crippen LogP contribution in [0, 0.1) is 6.92 Å². The Morgan fingerprint density at radius 2 is 1.30 bits per heavy atom. The molecule has 0 saturated carbocycles. The molecule has 1 unspecified atom stereocenters. The number of hydrogen-bond acceptors (Lipinski definition) is 7. The molecule has 6 nitrogen and oxygen atoms in total. The number of rotatable bonds is 13. The quantitative estimate of drug-likeness (QED) is 0.0775. The minimum atomic E-state index is -0.724. The number of halogens is 1. The lowest BCUT2D eigenvalue weighted by atomic mass is 9.99. The van der Waals surface area contributed by atoms with Crippen LogP contribution < -0.4 is 10.4 Å². The number of carbonyl (C=O) groups excluding carboxylic acids is 3. The van der Waals surface area contributed by atoms with E-state index >= 15 is 0 Å². The molecule has 1 atom stereocenters. The number of carbonyl (C=O) groups is 3. The second-order valence-electron chi connectivity index (χ2n) is 10.6. The Labute approximate surface area is 278 Å². The van der Waals surface area contributed by atoms with E-state index in [0.717, 1.165) is 27.5 Å². The number of nitrogens with zero attached hydrogens (tertiary/aromatic N) is 1. The van der Waals surface area contributed by atoms with Gasteiger partial charge in [0.2, 0.25) is 0 Å². The summed E-state index contributed by atoms with van der Waals surface area (Å²) in [6.45, 7) is 3.22. The zero-order chi connectivity index (χ0) is 32.5. The topological polar surface area (TPSA) is 75.7 Å². The van der Waals surface area contributed by atoms with Crippen LogP contribution in [0.2, 0.25) is 5.02 Å². The van der Waals surface area contributed by atoms with Gasteiger partial charge in [-0.1, -0.05) is 54.1 Å². The van der Waals surface area contributed by atoms with Gasteiger partial charge in [-0.2, -0.15) is 0 Å². The number of hydrogen-bond donors (Lipinski definition) is 1. The van der Waals surface area contributed by atoms with Gasteiger partial charge in [0.1, 0.15) is 6.04 Å². The fourth-order valence-electron chi connectivity index (χ4n) is 4.97. The van der Waals surface area contributed by atoms with Gasteiger partial charge in [0.25, 0.3) is 0 Å². The second-order valence-corrected chi connectivity index (χ2v) is 12.2. The summed E-state index contributed by atoms with van der Waals surface area (Å²) >= 11 is 7.58. The summed E-state index contributed by atoms with van der Waals surface area (Å²) in [5.41, 5.74) is 7.98. The number of aryl methyl sites for hydroxylation is 1. The van der Waals surface area contributed by atoms with Crippen LogP contribution in [0.3, 0.4) is 0 Å². The predicted molar refractivity (Wildman–Crippen MR) is 186 cm³/mol. The minimum Gasteiger partial charge on any atom is -0.370 e. The van der Waals surface area contributed by atoms with Crippen molar-refractivity contribution in [2.24, 2.45) is 0 Å². The minimum absolute atomic E-state index is 0.0257. The smallest absolute Gasteiger partial charge is 0.321 e. The summed E-state index contributed by atoms with van der Waals surface area (Å²) in [7, 11) is 0. The Morgan fingerprint density at radius 3 is 1.91 bits per heavy atom. The van der Waals surface area contributed by atoms with E-state index in [-0.39, 0.29) is 11.6 Å². The standard InChI is InChI=1S/C38H33ClN2O4S/c1-26-8-6-7-11-35(26)37(43)28-12-18-32(19-13-28)41(31-9-4-3-5-10-31)33-20-14-29(15-21-33)38(44)36(40-45-27(2)42)24-25-46-34-22-16-30(39)17-23-34/h3-23,36,40H,24-25H2,1-2H3. The maximum atomic E-state index is 13.6. The van der Waals surface area contributed by atoms with Gasteiger partial charge in [-0.05, 0) is 104 Å². The van der Waals surface area contributed by atoms with E-state index in [9.17, 15) is 14.4 Å². The molecule has 0 saturated heterocycles. The molecular weight excluding hydrogens is 616 g/mol. The molecule has 0 aliphatic rings. The van der Waals surface area contributed by atoms with Crippen LogP contribution in [-0.4, -0.2) is 29.3 Å². The van der Waals surface area contributed by atoms with Gasteiger partial charge >= 0.3 is 5.97 Å². The largest absolute Gasteiger partial charge is 0.370 e. The van der Waals surface area contributed by atoms with Gasteiger partial charge < -0.3 is 9.74 Å². The monoisotopic (exact) mass is 648 g/mol. The first-order chi connectivity index (χ1) is 22.3. The third kappa shape index (κ3) is 8.31. The third-order valence-electron chi connectivity index (χ3n) is 7.35. The van der Waals surface area contributed by atoms with Crippen LogP contribution in [0.4, 0.5) is 17.1 Å². The zero-order valence-electron chi connectivity index (χ0n) is 25.5. The Balaban J connectivity index is 1.36. The van der Waals surface area contributed by atoms with Gasteiger partial charge in [0.05, 0.1) is 0 Å². The first kappa shape index (κ1) is 32.7. The number of Topliss-reactive ketones (excluding diaryl/α,β-unsaturated/α-hetero) is 1. The van der Waals surface area contributed by atoms with Crippen LogP contribution in [0.1, 0.15) is 45.2 Å². The van der Waals surface area contributed by atoms with Gasteiger partial charge in [-0.25, -0.2) is 0 Å². The number of hydroxylamine groups is 1. The molecule has 0 spiro atoms. The Hall–Kier alpha value is -4.69. The van der Waals surface area contributed by atoms with E-state index < -0.39 is 12.0 Å². The highest BCUT2D eigenvalue weighted by Gasteiger charge is 2.22. The maximum absolute atomic E-state index is 13.6. The average Bonchev–Trinajstić information content (AvgIpc) is 3.08. The number of thioether (sulfide) groups is 1. The lowest BCUT2D eigenvalue weighted by Gasteiger charge is -2.26. The van der Waals surface area contributed by atoms with Crippen molar-refractivity contribution in [2.75, 3.05) is 10.7 Å². The number of benzene rings is 5. The average molecular weight is 649 g/mol. The second kappa shape index (κ2) is 15.5. The predicted octanol–water partition coefficient (Wildman–Crippen LogP) is 9.15. The molecule has 0 fully saturated rings. The lowest BCUT2D eigenvalue weighted by molar-refractivity contribution is -0.149. The van der Waals surface area contributed by atoms with E-state index in [0.29, 0.717) is 33.9 Å². The van der Waals surface area contributed by atoms with E-state index in [4.69, 9.17) is 16.4 Å². The first-order valence-corrected chi connectivity index (χ1v) is 16.2. The van der Waals surface area contributed by atoms with Crippen LogP contribution in [-0.2, 0) is 9.63 Å². The highest BCUT2D eigenvalue weighted by Crippen LogP contribution is 2.35. The molecule has 46 heavy (non-hydrogen) atoms. The molecule has 0 bridgehead atoms. The first-order valence-electron chi connectivity index (χ1n) is 14.8. The molecule has 5 aromatic rings. The fourth-order valence-corrected chi connectivity index (χ4v) is 6.01. The van der Waals surface area contributed by atoms with Crippen LogP contribution in [0.25, 0.3) is 0 Å². The maximum Gasteiger partial charge on any atom is 0.321 e. The van der Waals surface area contributed by atoms with E-state index in [1.807, 2.05) is 122 Å². The van der Waals surface area contributed by atoms with Crippen LogP contribution in [0.15, 0.2) is 132 Å². The van der Waals surface area contributed by atoms with Crippen LogP contribution >= 0.6 is 23.4 Å². The molecule has 0 heterocycles. The third-order valence-corrected chi connectivity index (χ3v) is 8.65. The van der Waals surface area contributed by atoms with E-state index in [1.54, 1.807) is 23.9 Å². The Kier molecular flexibility index (Phi) is 11.0. The van der Waals surface area contributed by atoms with Crippen molar-refractivity contribution < 1.29 is 19.2 Å². The van der Waals surface area contributed by atoms with E-state index in [1.165, 1.54) is 6.92 Å². The molecule has 5 aromatic carbocycles. The van der Waals surface area contributed by atoms with Crippen LogP contribution in [0.5, 0.6) is 0 Å². The Morgan fingerprint density at radius 1 is 0.739 bits per heavy atom. The SMILES string of the molecule is CC(=O)ONC(CCSc1ccc(Cl)cc1)C(=O)c1ccc(N(c2ccccc2)c2ccc(C(=O)c3ccccc3C)cc2)cc1. The molecule has 0 radical (unpaired) electrons. The molecule has 0 aromatic heterocycles. The fraction of sp³-hybridized carbons (Fsp3) is 0.132. The summed E-state index contributed by atoms with van der Waals surface area (Å²) in [4.78, 5) is 46.4. The summed E-state index contributed by atoms with van der Waals surface area (Å²) in [5, 5.41) is 0.661. The normalized spacial score (nSPS) is 11.5. The molecule has 8 heteroatoms. The van der Waals surface area contributed by atoms with Crippen molar-refractivity contribution >= 4 is 58.0 Å². The summed E-state index contributed by atoms with van der Waals surface area (Å²) in [6.07, 6.45) is 0.435. The molecular formula is C38H33ClN2O4S. The summed E-state index contributed by atoms with van der Waals surface area (Å²) in [5.74, 6) is -0.116. The van der Waals surface area contributed by atoms with Crippen molar-refractivity contribution in [1.82, 2.24) is 5.48 Å². The molecule has 232 valence electrons. The highest BCUT2D eigenvalue weighted by atomic mass is 35.5. The summed E-state index contributed by atoms with van der Waals surface area (Å²) in [6, 6.07) is 39.1. The Bertz CT molecular complexity index is 1790. The molecule has 0 amide bonds. The van der Waals surface area contributed by atoms with Crippen molar-refractivity contribution in [3.8, 4) is 0 Å². The number of ketones is 2. The molecule has 0 aliphatic heterocycles. The van der Waals surface area contributed by atoms with Gasteiger partial charge in [0.15, 0.2) is 11.6 Å². The van der Waals surface area contributed by atoms with Gasteiger partial charge in [-0.15, -0.1) is 17.2 Å². The lowest BCUT2D eigenvalue weighted by Crippen LogP contribution is -2.38. The molecule has 1 N–H and O–H groups in total. The molecule has 0 aliphatic carbocycles. The van der Waals surface area contributed by atoms with Gasteiger partial charge in [-0.3, -0.25) is 14.4 Å². The van der Waals surface area contributed by atoms with Crippen molar-refractivity contribution in [3.63, 3.8) is 0 Å². The zero-order valence-corrected chi connectivity index (χ0v) is 27.1. The number of para-hydroxylation sites is 1. The van der Waals surface area contributed by atoms with Crippen molar-refractivity contribution in [3.05, 3.63) is 155 Å².